The van der Waals surface area contributed by atoms with E-state index in [9.17, 15) is 0 Å². The van der Waals surface area contributed by atoms with Gasteiger partial charge in [-0.2, -0.15) is 0 Å². The van der Waals surface area contributed by atoms with Crippen LogP contribution < -0.4 is 0 Å². The van der Waals surface area contributed by atoms with Gasteiger partial charge in [-0.25, -0.2) is 0 Å². The molecule has 0 aromatic rings. The van der Waals surface area contributed by atoms with Gasteiger partial charge in [0.05, 0.1) is 0 Å². The number of hydrogen-bond donors (Lipinski definition) is 4. The average Bonchev–Trinajstić information content (AvgIpc) is 0.722. The summed E-state index contributed by atoms with van der Waals surface area (Å²) in [5, 5.41) is 0. The predicted molar refractivity (Wildman–Crippen MR) is 14.6 cm³/mol. The van der Waals surface area contributed by atoms with Crippen LogP contribution in [0.25, 0.3) is 0 Å². The number of hydrogen-bond acceptors (Lipinski definition) is 4. The van der Waals surface area contributed by atoms with Crippen LogP contribution in [-0.4, -0.2) is 28.2 Å². The summed E-state index contributed by atoms with van der Waals surface area (Å²) in [6, 6.07) is 0. The molecular formula is H4O4SiThU. The van der Waals surface area contributed by atoms with E-state index in [4.69, 9.17) is 19.2 Å². The summed E-state index contributed by atoms with van der Waals surface area (Å²) in [5.74, 6) is 0. The zero-order chi connectivity index (χ0) is 4.50. The fraction of sp³-hybridized carbons (Fsp3) is 0. The molecule has 0 amide bonds. The van der Waals surface area contributed by atoms with Crippen molar-refractivity contribution in [1.82, 2.24) is 0 Å². The second-order valence-corrected chi connectivity index (χ2v) is 1.80. The van der Waals surface area contributed by atoms with Crippen molar-refractivity contribution in [2.75, 3.05) is 0 Å². The van der Waals surface area contributed by atoms with Gasteiger partial charge in [0.2, 0.25) is 0 Å². The van der Waals surface area contributed by atoms with Crippen molar-refractivity contribution in [3.63, 3.8) is 0 Å². The molecule has 4 N–H and O–H groups in total. The molecule has 0 atom stereocenters. The first-order valence-electron chi connectivity index (χ1n) is 0.894. The van der Waals surface area contributed by atoms with Gasteiger partial charge in [-0.1, -0.05) is 0 Å². The van der Waals surface area contributed by atoms with Gasteiger partial charge in [0.25, 0.3) is 0 Å². The van der Waals surface area contributed by atoms with E-state index in [0.717, 1.165) is 0 Å². The largest absolute Gasteiger partial charge is 0.668 e. The summed E-state index contributed by atoms with van der Waals surface area (Å²) < 4.78 is 0. The molecule has 0 saturated heterocycles. The van der Waals surface area contributed by atoms with Gasteiger partial charge in [-0.3, -0.25) is 0 Å². The normalized spacial score (nSPS) is 8.57. The minimum atomic E-state index is -4.61. The Morgan fingerprint density at radius 1 is 0.857 bits per heavy atom. The quantitative estimate of drug-likeness (QED) is 0.243. The van der Waals surface area contributed by atoms with E-state index in [1.54, 1.807) is 0 Å². The molecule has 0 aromatic carbocycles. The zero-order valence-electron chi connectivity index (χ0n) is 3.29. The third-order valence-corrected chi connectivity index (χ3v) is 0. The van der Waals surface area contributed by atoms with E-state index in [1.807, 2.05) is 0 Å². The molecule has 0 bridgehead atoms. The maximum Gasteiger partial charge on any atom is 0.668 e. The molecule has 0 aromatic heterocycles. The van der Waals surface area contributed by atoms with E-state index < -0.39 is 9.05 Å². The Morgan fingerprint density at radius 3 is 0.857 bits per heavy atom. The zero-order valence-corrected chi connectivity index (χ0v) is 12.6. The smallest absolute Gasteiger partial charge is 0.368 e. The molecule has 0 saturated carbocycles. The molecule has 0 aliphatic carbocycles. The van der Waals surface area contributed by atoms with Crippen LogP contribution in [0.4, 0.5) is 0 Å². The van der Waals surface area contributed by atoms with Gasteiger partial charge in [-0.05, 0) is 0 Å². The Balaban J connectivity index is -0.0000000800. The summed E-state index contributed by atoms with van der Waals surface area (Å²) in [7, 11) is -4.61. The first-order valence-corrected chi connectivity index (χ1v) is 2.68. The van der Waals surface area contributed by atoms with Crippen LogP contribution in [0.15, 0.2) is 0 Å². The van der Waals surface area contributed by atoms with Crippen molar-refractivity contribution >= 4 is 9.05 Å². The van der Waals surface area contributed by atoms with Gasteiger partial charge in [0.1, 0.15) is 0 Å². The van der Waals surface area contributed by atoms with Crippen LogP contribution >= 0.6 is 0 Å². The molecule has 0 aliphatic heterocycles. The van der Waals surface area contributed by atoms with Crippen molar-refractivity contribution in [2.24, 2.45) is 0 Å². The summed E-state index contributed by atoms with van der Waals surface area (Å²) in [6.45, 7) is 0. The third kappa shape index (κ3) is 58.9. The molecule has 0 aliphatic rings. The molecule has 7 heteroatoms. The second kappa shape index (κ2) is 6.55. The van der Waals surface area contributed by atoms with Crippen LogP contribution in [0, 0.1) is 71.1 Å². The Bertz CT molecular complexity index is 27.2. The van der Waals surface area contributed by atoms with E-state index in [2.05, 4.69) is 0 Å². The van der Waals surface area contributed by atoms with Crippen LogP contribution in [0.2, 0.25) is 0 Å². The van der Waals surface area contributed by atoms with Crippen molar-refractivity contribution < 1.29 is 90.2 Å². The van der Waals surface area contributed by atoms with E-state index >= 15 is 0 Å². The van der Waals surface area contributed by atoms with E-state index in [1.165, 1.54) is 0 Å². The molecule has 0 rings (SSSR count). The fourth-order valence-electron chi connectivity index (χ4n) is 0. The molecule has 0 fully saturated rings. The van der Waals surface area contributed by atoms with Gasteiger partial charge in [-0.15, -0.1) is 0 Å². The molecule has 0 unspecified atom stereocenters. The fourth-order valence-corrected chi connectivity index (χ4v) is 0. The Hall–Kier alpha value is 2.43. The van der Waals surface area contributed by atoms with Crippen molar-refractivity contribution in [1.29, 1.82) is 0 Å². The molecule has 0 spiro atoms. The van der Waals surface area contributed by atoms with Gasteiger partial charge >= 0.3 is 9.05 Å². The molecule has 40 valence electrons. The molecule has 4 nitrogen and oxygen atoms in total. The van der Waals surface area contributed by atoms with Crippen molar-refractivity contribution in [3.8, 4) is 0 Å². The SMILES string of the molecule is O[Si](O)(O)O.[Th].[U]. The molecule has 0 radical (unpaired) electrons. The van der Waals surface area contributed by atoms with Crippen LogP contribution in [0.3, 0.4) is 0 Å². The standard InChI is InChI=1S/H4O4Si.Th.U/c1-5(2,3)4;;/h1-4H;;. The molecular weight excluding hydrogens is 562 g/mol. The van der Waals surface area contributed by atoms with Gasteiger partial charge in [0.15, 0.2) is 0 Å². The topological polar surface area (TPSA) is 80.9 Å². The summed E-state index contributed by atoms with van der Waals surface area (Å²) in [4.78, 5) is 29.3. The molecule has 7 heavy (non-hydrogen) atoms. The summed E-state index contributed by atoms with van der Waals surface area (Å²) >= 11 is 0. The summed E-state index contributed by atoms with van der Waals surface area (Å²) in [6.07, 6.45) is 0. The van der Waals surface area contributed by atoms with Crippen LogP contribution in [0.1, 0.15) is 0 Å². The Morgan fingerprint density at radius 2 is 0.857 bits per heavy atom. The van der Waals surface area contributed by atoms with E-state index in [0.29, 0.717) is 0 Å². The Labute approximate surface area is 97.5 Å². The van der Waals surface area contributed by atoms with Crippen molar-refractivity contribution in [3.05, 3.63) is 0 Å². The maximum atomic E-state index is 7.33. The maximum absolute atomic E-state index is 7.33. The second-order valence-electron chi connectivity index (χ2n) is 0.600. The van der Waals surface area contributed by atoms with Gasteiger partial charge < -0.3 is 19.2 Å². The summed E-state index contributed by atoms with van der Waals surface area (Å²) in [5.41, 5.74) is 0. The molecule has 0 heterocycles. The first kappa shape index (κ1) is 16.2. The monoisotopic (exact) mass is 566 g/mol. The first-order chi connectivity index (χ1) is 2.00. The minimum absolute atomic E-state index is 0. The minimum Gasteiger partial charge on any atom is -0.368 e. The van der Waals surface area contributed by atoms with Gasteiger partial charge in [0, 0.05) is 71.1 Å². The average molecular weight is 566 g/mol. The van der Waals surface area contributed by atoms with Crippen LogP contribution in [-0.2, 0) is 0 Å². The third-order valence-electron chi connectivity index (χ3n) is 0. The van der Waals surface area contributed by atoms with Crippen molar-refractivity contribution in [2.45, 2.75) is 0 Å². The van der Waals surface area contributed by atoms with E-state index in [-0.39, 0.29) is 71.1 Å². The Kier molecular flexibility index (Phi) is 15.2. The number of rotatable bonds is 0. The van der Waals surface area contributed by atoms with Crippen LogP contribution in [0.5, 0.6) is 0 Å². The predicted octanol–water partition coefficient (Wildman–Crippen LogP) is -2.61.